The molecule has 0 amide bonds. The highest BCUT2D eigenvalue weighted by atomic mass is 15.1. The molecular formula is C15H31N. The Labute approximate surface area is 103 Å². The molecule has 0 bridgehead atoms. The lowest BCUT2D eigenvalue weighted by molar-refractivity contribution is 0.327. The zero-order valence-corrected chi connectivity index (χ0v) is 11.3. The molecule has 0 aromatic rings. The minimum absolute atomic E-state index is 1.37. The third kappa shape index (κ3) is 7.27. The minimum atomic E-state index is 1.37. The summed E-state index contributed by atoms with van der Waals surface area (Å²) >= 11 is 0. The van der Waals surface area contributed by atoms with E-state index in [2.05, 4.69) is 11.8 Å². The second-order valence-corrected chi connectivity index (χ2v) is 5.38. The number of hydrogen-bond donors (Lipinski definition) is 0. The van der Waals surface area contributed by atoms with E-state index >= 15 is 0 Å². The van der Waals surface area contributed by atoms with Crippen LogP contribution in [0.25, 0.3) is 0 Å². The summed E-state index contributed by atoms with van der Waals surface area (Å²) in [4.78, 5) is 2.64. The maximum Gasteiger partial charge on any atom is -0.00183 e. The van der Waals surface area contributed by atoms with Crippen LogP contribution in [-0.2, 0) is 0 Å². The lowest BCUT2D eigenvalue weighted by atomic mass is 10.1. The largest absolute Gasteiger partial charge is 0.303 e. The van der Waals surface area contributed by atoms with Gasteiger partial charge in [0.05, 0.1) is 0 Å². The van der Waals surface area contributed by atoms with Gasteiger partial charge in [-0.1, -0.05) is 58.3 Å². The Morgan fingerprint density at radius 1 is 0.688 bits per heavy atom. The van der Waals surface area contributed by atoms with E-state index in [4.69, 9.17) is 0 Å². The van der Waals surface area contributed by atoms with Crippen LogP contribution < -0.4 is 0 Å². The van der Waals surface area contributed by atoms with Gasteiger partial charge in [0.2, 0.25) is 0 Å². The second-order valence-electron chi connectivity index (χ2n) is 5.38. The van der Waals surface area contributed by atoms with Gasteiger partial charge in [-0.05, 0) is 38.9 Å². The number of nitrogens with zero attached hydrogens (tertiary/aromatic N) is 1. The molecule has 0 aromatic carbocycles. The summed E-state index contributed by atoms with van der Waals surface area (Å²) in [6, 6.07) is 0. The second kappa shape index (κ2) is 10.1. The Balaban J connectivity index is 1.71. The third-order valence-electron chi connectivity index (χ3n) is 3.78. The van der Waals surface area contributed by atoms with Crippen LogP contribution in [0.4, 0.5) is 0 Å². The van der Waals surface area contributed by atoms with Crippen LogP contribution >= 0.6 is 0 Å². The van der Waals surface area contributed by atoms with Crippen LogP contribution in [0.5, 0.6) is 0 Å². The SMILES string of the molecule is CCCCCCCCCCCN1CCCC1. The predicted octanol–water partition coefficient (Wildman–Crippen LogP) is 4.61. The average Bonchev–Trinajstić information content (AvgIpc) is 2.80. The van der Waals surface area contributed by atoms with Gasteiger partial charge in [0.25, 0.3) is 0 Å². The number of hydrogen-bond acceptors (Lipinski definition) is 1. The van der Waals surface area contributed by atoms with E-state index in [0.29, 0.717) is 0 Å². The molecule has 1 saturated heterocycles. The molecule has 0 aromatic heterocycles. The fourth-order valence-electron chi connectivity index (χ4n) is 2.65. The molecule has 1 aliphatic rings. The fourth-order valence-corrected chi connectivity index (χ4v) is 2.65. The van der Waals surface area contributed by atoms with E-state index in [1.807, 2.05) is 0 Å². The first-order valence-electron chi connectivity index (χ1n) is 7.66. The summed E-state index contributed by atoms with van der Waals surface area (Å²) in [5.74, 6) is 0. The number of rotatable bonds is 10. The zero-order chi connectivity index (χ0) is 11.5. The third-order valence-corrected chi connectivity index (χ3v) is 3.78. The van der Waals surface area contributed by atoms with Crippen LogP contribution in [-0.4, -0.2) is 24.5 Å². The minimum Gasteiger partial charge on any atom is -0.303 e. The van der Waals surface area contributed by atoms with Gasteiger partial charge < -0.3 is 4.90 Å². The van der Waals surface area contributed by atoms with Crippen LogP contribution in [0, 0.1) is 0 Å². The Bertz CT molecular complexity index is 138. The summed E-state index contributed by atoms with van der Waals surface area (Å²) in [6.45, 7) is 6.40. The Hall–Kier alpha value is -0.0400. The highest BCUT2D eigenvalue weighted by Gasteiger charge is 2.09. The molecule has 1 aliphatic heterocycles. The molecule has 1 heteroatoms. The van der Waals surface area contributed by atoms with E-state index in [9.17, 15) is 0 Å². The highest BCUT2D eigenvalue weighted by Crippen LogP contribution is 2.12. The molecule has 0 aliphatic carbocycles. The highest BCUT2D eigenvalue weighted by molar-refractivity contribution is 4.65. The van der Waals surface area contributed by atoms with Crippen molar-refractivity contribution in [2.75, 3.05) is 19.6 Å². The topological polar surface area (TPSA) is 3.24 Å². The monoisotopic (exact) mass is 225 g/mol. The van der Waals surface area contributed by atoms with Gasteiger partial charge in [0, 0.05) is 0 Å². The van der Waals surface area contributed by atoms with E-state index < -0.39 is 0 Å². The summed E-state index contributed by atoms with van der Waals surface area (Å²) in [5.41, 5.74) is 0. The smallest absolute Gasteiger partial charge is 0.00183 e. The van der Waals surface area contributed by atoms with Crippen LogP contribution in [0.15, 0.2) is 0 Å². The lowest BCUT2D eigenvalue weighted by Crippen LogP contribution is -2.20. The number of likely N-dealkylation sites (tertiary alicyclic amines) is 1. The van der Waals surface area contributed by atoms with Gasteiger partial charge in [-0.2, -0.15) is 0 Å². The van der Waals surface area contributed by atoms with Crippen molar-refractivity contribution in [1.82, 2.24) is 4.90 Å². The fraction of sp³-hybridized carbons (Fsp3) is 1.00. The molecule has 0 atom stereocenters. The molecule has 96 valence electrons. The van der Waals surface area contributed by atoms with Crippen molar-refractivity contribution in [3.05, 3.63) is 0 Å². The lowest BCUT2D eigenvalue weighted by Gasteiger charge is -2.13. The molecule has 0 saturated carbocycles. The molecule has 0 unspecified atom stereocenters. The van der Waals surface area contributed by atoms with Crippen molar-refractivity contribution in [3.8, 4) is 0 Å². The summed E-state index contributed by atoms with van der Waals surface area (Å²) in [7, 11) is 0. The molecule has 1 nitrogen and oxygen atoms in total. The zero-order valence-electron chi connectivity index (χ0n) is 11.3. The molecular weight excluding hydrogens is 194 g/mol. The standard InChI is InChI=1S/C15H31N/c1-2-3-4-5-6-7-8-9-10-13-16-14-11-12-15-16/h2-15H2,1H3. The van der Waals surface area contributed by atoms with Crippen LogP contribution in [0.2, 0.25) is 0 Å². The maximum absolute atomic E-state index is 2.64. The average molecular weight is 225 g/mol. The van der Waals surface area contributed by atoms with Gasteiger partial charge >= 0.3 is 0 Å². The Morgan fingerprint density at radius 3 is 1.75 bits per heavy atom. The normalized spacial score (nSPS) is 17.1. The van der Waals surface area contributed by atoms with E-state index in [0.717, 1.165) is 0 Å². The van der Waals surface area contributed by atoms with Gasteiger partial charge in [-0.25, -0.2) is 0 Å². The van der Waals surface area contributed by atoms with Crippen LogP contribution in [0.1, 0.15) is 77.6 Å². The van der Waals surface area contributed by atoms with Gasteiger partial charge in [0.1, 0.15) is 0 Å². The molecule has 1 heterocycles. The van der Waals surface area contributed by atoms with E-state index in [1.54, 1.807) is 0 Å². The Kier molecular flexibility index (Phi) is 8.88. The molecule has 0 N–H and O–H groups in total. The molecule has 0 spiro atoms. The molecule has 1 fully saturated rings. The molecule has 0 radical (unpaired) electrons. The van der Waals surface area contributed by atoms with Crippen molar-refractivity contribution in [1.29, 1.82) is 0 Å². The van der Waals surface area contributed by atoms with Crippen molar-refractivity contribution in [3.63, 3.8) is 0 Å². The first-order valence-corrected chi connectivity index (χ1v) is 7.66. The quantitative estimate of drug-likeness (QED) is 0.491. The summed E-state index contributed by atoms with van der Waals surface area (Å²) in [6.07, 6.45) is 16.0. The van der Waals surface area contributed by atoms with Gasteiger partial charge in [0.15, 0.2) is 0 Å². The van der Waals surface area contributed by atoms with Crippen LogP contribution in [0.3, 0.4) is 0 Å². The summed E-state index contributed by atoms with van der Waals surface area (Å²) < 4.78 is 0. The van der Waals surface area contributed by atoms with Gasteiger partial charge in [-0.15, -0.1) is 0 Å². The van der Waals surface area contributed by atoms with Crippen molar-refractivity contribution in [2.45, 2.75) is 77.6 Å². The van der Waals surface area contributed by atoms with Crippen molar-refractivity contribution in [2.24, 2.45) is 0 Å². The van der Waals surface area contributed by atoms with Crippen molar-refractivity contribution < 1.29 is 0 Å². The predicted molar refractivity (Wildman–Crippen MR) is 72.9 cm³/mol. The van der Waals surface area contributed by atoms with E-state index in [1.165, 1.54) is 90.3 Å². The Morgan fingerprint density at radius 2 is 1.19 bits per heavy atom. The first kappa shape index (κ1) is 14.0. The van der Waals surface area contributed by atoms with E-state index in [-0.39, 0.29) is 0 Å². The first-order chi connectivity index (χ1) is 7.93. The molecule has 16 heavy (non-hydrogen) atoms. The maximum atomic E-state index is 2.64. The van der Waals surface area contributed by atoms with Gasteiger partial charge in [-0.3, -0.25) is 0 Å². The van der Waals surface area contributed by atoms with Crippen molar-refractivity contribution >= 4 is 0 Å². The summed E-state index contributed by atoms with van der Waals surface area (Å²) in [5, 5.41) is 0. The number of unbranched alkanes of at least 4 members (excludes halogenated alkanes) is 8. The molecule has 1 rings (SSSR count).